The van der Waals surface area contributed by atoms with Gasteiger partial charge >= 0.3 is 0 Å². The van der Waals surface area contributed by atoms with E-state index in [1.54, 1.807) is 6.20 Å². The standard InChI is InChI=1S/C17H16ClNO/c18-11-4-3-8-16-7-1-2-9-17(16)20-13-10-15-6-5-12-19-14-15/h1-2,5-7,9,12,14H,4,10-11,13H2. The van der Waals surface area contributed by atoms with Gasteiger partial charge in [0, 0.05) is 31.1 Å². The summed E-state index contributed by atoms with van der Waals surface area (Å²) in [5.74, 6) is 7.49. The zero-order valence-electron chi connectivity index (χ0n) is 11.2. The molecule has 0 aliphatic heterocycles. The van der Waals surface area contributed by atoms with Crippen molar-refractivity contribution in [2.45, 2.75) is 12.8 Å². The van der Waals surface area contributed by atoms with E-state index in [0.717, 1.165) is 17.7 Å². The molecule has 0 radical (unpaired) electrons. The number of hydrogen-bond acceptors (Lipinski definition) is 2. The third-order valence-corrected chi connectivity index (χ3v) is 2.89. The van der Waals surface area contributed by atoms with E-state index in [9.17, 15) is 0 Å². The number of nitrogens with zero attached hydrogens (tertiary/aromatic N) is 1. The van der Waals surface area contributed by atoms with Crippen LogP contribution in [0.5, 0.6) is 5.75 Å². The van der Waals surface area contributed by atoms with Gasteiger partial charge in [-0.1, -0.05) is 30.0 Å². The fourth-order valence-electron chi connectivity index (χ4n) is 1.73. The minimum atomic E-state index is 0.553. The lowest BCUT2D eigenvalue weighted by Gasteiger charge is -2.08. The quantitative estimate of drug-likeness (QED) is 0.617. The van der Waals surface area contributed by atoms with Crippen molar-refractivity contribution < 1.29 is 4.74 Å². The Morgan fingerprint density at radius 2 is 2.05 bits per heavy atom. The van der Waals surface area contributed by atoms with Crippen LogP contribution in [0.15, 0.2) is 48.8 Å². The first kappa shape index (κ1) is 14.4. The van der Waals surface area contributed by atoms with Crippen LogP contribution in [0.4, 0.5) is 0 Å². The molecule has 0 N–H and O–H groups in total. The van der Waals surface area contributed by atoms with Crippen LogP contribution >= 0.6 is 11.6 Å². The van der Waals surface area contributed by atoms with Crippen molar-refractivity contribution in [3.63, 3.8) is 0 Å². The number of ether oxygens (including phenoxy) is 1. The summed E-state index contributed by atoms with van der Waals surface area (Å²) in [4.78, 5) is 4.09. The molecule has 3 heteroatoms. The van der Waals surface area contributed by atoms with Gasteiger partial charge in [-0.2, -0.15) is 0 Å². The van der Waals surface area contributed by atoms with E-state index in [2.05, 4.69) is 16.8 Å². The van der Waals surface area contributed by atoms with E-state index in [-0.39, 0.29) is 0 Å². The summed E-state index contributed by atoms with van der Waals surface area (Å²) < 4.78 is 5.81. The number of rotatable bonds is 5. The zero-order chi connectivity index (χ0) is 14.0. The van der Waals surface area contributed by atoms with Crippen molar-refractivity contribution >= 4 is 11.6 Å². The maximum atomic E-state index is 5.81. The number of halogens is 1. The van der Waals surface area contributed by atoms with Gasteiger partial charge in [0.25, 0.3) is 0 Å². The lowest BCUT2D eigenvalue weighted by Crippen LogP contribution is -2.02. The Kier molecular flexibility index (Phi) is 5.95. The second-order valence-electron chi connectivity index (χ2n) is 4.20. The summed E-state index contributed by atoms with van der Waals surface area (Å²) in [6.45, 7) is 0.611. The average molecular weight is 286 g/mol. The van der Waals surface area contributed by atoms with E-state index < -0.39 is 0 Å². The van der Waals surface area contributed by atoms with Crippen molar-refractivity contribution in [1.29, 1.82) is 0 Å². The monoisotopic (exact) mass is 285 g/mol. The summed E-state index contributed by atoms with van der Waals surface area (Å²) in [5, 5.41) is 0. The van der Waals surface area contributed by atoms with Crippen molar-refractivity contribution in [2.75, 3.05) is 12.5 Å². The predicted molar refractivity (Wildman–Crippen MR) is 82.1 cm³/mol. The molecular formula is C17H16ClNO. The molecule has 2 aromatic rings. The summed E-state index contributed by atoms with van der Waals surface area (Å²) in [5.41, 5.74) is 2.07. The van der Waals surface area contributed by atoms with Crippen LogP contribution in [-0.4, -0.2) is 17.5 Å². The lowest BCUT2D eigenvalue weighted by molar-refractivity contribution is 0.321. The number of para-hydroxylation sites is 1. The predicted octanol–water partition coefficient (Wildman–Crippen LogP) is 3.68. The molecule has 2 rings (SSSR count). The molecule has 1 aromatic carbocycles. The van der Waals surface area contributed by atoms with Gasteiger partial charge < -0.3 is 4.74 Å². The van der Waals surface area contributed by atoms with Crippen LogP contribution in [-0.2, 0) is 6.42 Å². The molecule has 0 fully saturated rings. The van der Waals surface area contributed by atoms with Crippen molar-refractivity contribution in [3.05, 3.63) is 59.9 Å². The number of alkyl halides is 1. The molecule has 0 spiro atoms. The molecule has 1 heterocycles. The fraction of sp³-hybridized carbons (Fsp3) is 0.235. The Labute approximate surface area is 124 Å². The van der Waals surface area contributed by atoms with E-state index in [0.29, 0.717) is 18.9 Å². The molecule has 0 saturated carbocycles. The molecule has 0 aliphatic carbocycles. The third-order valence-electron chi connectivity index (χ3n) is 2.70. The molecule has 2 nitrogen and oxygen atoms in total. The van der Waals surface area contributed by atoms with Gasteiger partial charge in [0.05, 0.1) is 12.2 Å². The molecule has 102 valence electrons. The normalized spacial score (nSPS) is 9.65. The summed E-state index contributed by atoms with van der Waals surface area (Å²) in [7, 11) is 0. The first-order chi connectivity index (χ1) is 9.90. The van der Waals surface area contributed by atoms with Crippen LogP contribution in [0.1, 0.15) is 17.5 Å². The minimum Gasteiger partial charge on any atom is -0.492 e. The third kappa shape index (κ3) is 4.60. The van der Waals surface area contributed by atoms with Gasteiger partial charge in [0.2, 0.25) is 0 Å². The average Bonchev–Trinajstić information content (AvgIpc) is 2.50. The number of benzene rings is 1. The first-order valence-electron chi connectivity index (χ1n) is 6.55. The van der Waals surface area contributed by atoms with Gasteiger partial charge in [-0.05, 0) is 23.8 Å². The van der Waals surface area contributed by atoms with E-state index >= 15 is 0 Å². The van der Waals surface area contributed by atoms with Crippen LogP contribution in [0.2, 0.25) is 0 Å². The highest BCUT2D eigenvalue weighted by atomic mass is 35.5. The Morgan fingerprint density at radius 3 is 2.85 bits per heavy atom. The smallest absolute Gasteiger partial charge is 0.134 e. The highest BCUT2D eigenvalue weighted by Gasteiger charge is 2.00. The van der Waals surface area contributed by atoms with E-state index in [4.69, 9.17) is 16.3 Å². The summed E-state index contributed by atoms with van der Waals surface area (Å²) in [6, 6.07) is 11.8. The van der Waals surface area contributed by atoms with E-state index in [1.807, 2.05) is 42.6 Å². The Hall–Kier alpha value is -1.98. The second-order valence-corrected chi connectivity index (χ2v) is 4.57. The molecule has 0 bridgehead atoms. The highest BCUT2D eigenvalue weighted by molar-refractivity contribution is 6.18. The van der Waals surface area contributed by atoms with Crippen LogP contribution < -0.4 is 4.74 Å². The van der Waals surface area contributed by atoms with Gasteiger partial charge in [-0.3, -0.25) is 4.98 Å². The van der Waals surface area contributed by atoms with Crippen molar-refractivity contribution in [1.82, 2.24) is 4.98 Å². The molecule has 0 aliphatic rings. The maximum Gasteiger partial charge on any atom is 0.134 e. The molecule has 0 unspecified atom stereocenters. The van der Waals surface area contributed by atoms with Crippen LogP contribution in [0, 0.1) is 11.8 Å². The largest absolute Gasteiger partial charge is 0.492 e. The summed E-state index contributed by atoms with van der Waals surface area (Å²) >= 11 is 5.62. The number of hydrogen-bond donors (Lipinski definition) is 0. The van der Waals surface area contributed by atoms with Gasteiger partial charge in [0.15, 0.2) is 0 Å². The minimum absolute atomic E-state index is 0.553. The van der Waals surface area contributed by atoms with E-state index in [1.165, 1.54) is 5.56 Å². The number of aromatic nitrogens is 1. The Morgan fingerprint density at radius 1 is 1.15 bits per heavy atom. The molecule has 0 amide bonds. The lowest BCUT2D eigenvalue weighted by atomic mass is 10.2. The molecular weight excluding hydrogens is 270 g/mol. The van der Waals surface area contributed by atoms with Crippen molar-refractivity contribution in [3.8, 4) is 17.6 Å². The summed E-state index contributed by atoms with van der Waals surface area (Å²) in [6.07, 6.45) is 5.14. The molecule has 0 saturated heterocycles. The SMILES string of the molecule is ClCCC#Cc1ccccc1OCCc1cccnc1. The van der Waals surface area contributed by atoms with Crippen LogP contribution in [0.25, 0.3) is 0 Å². The highest BCUT2D eigenvalue weighted by Crippen LogP contribution is 2.17. The van der Waals surface area contributed by atoms with Gasteiger partial charge in [-0.25, -0.2) is 0 Å². The molecule has 1 aromatic heterocycles. The first-order valence-corrected chi connectivity index (χ1v) is 7.09. The molecule has 20 heavy (non-hydrogen) atoms. The second kappa shape index (κ2) is 8.24. The molecule has 0 atom stereocenters. The van der Waals surface area contributed by atoms with Gasteiger partial charge in [-0.15, -0.1) is 11.6 Å². The topological polar surface area (TPSA) is 22.1 Å². The fourth-order valence-corrected chi connectivity index (χ4v) is 1.82. The zero-order valence-corrected chi connectivity index (χ0v) is 11.9. The Balaban J connectivity index is 1.94. The van der Waals surface area contributed by atoms with Crippen molar-refractivity contribution in [2.24, 2.45) is 0 Å². The maximum absolute atomic E-state index is 5.81. The Bertz CT molecular complexity index is 587. The van der Waals surface area contributed by atoms with Crippen LogP contribution in [0.3, 0.4) is 0 Å². The number of pyridine rings is 1. The van der Waals surface area contributed by atoms with Gasteiger partial charge in [0.1, 0.15) is 5.75 Å².